The maximum absolute atomic E-state index is 14.3. The Morgan fingerprint density at radius 2 is 0.940 bits per heavy atom. The zero-order valence-electron chi connectivity index (χ0n) is 51.4. The summed E-state index contributed by atoms with van der Waals surface area (Å²) >= 11 is 0. The van der Waals surface area contributed by atoms with Crippen molar-refractivity contribution in [1.82, 2.24) is 45.7 Å². The number of carbonyl (C=O) groups excluding carboxylic acids is 7. The predicted octanol–water partition coefficient (Wildman–Crippen LogP) is 7.22. The van der Waals surface area contributed by atoms with Gasteiger partial charge in [0, 0.05) is 37.9 Å². The van der Waals surface area contributed by atoms with E-state index in [9.17, 15) is 38.4 Å². The number of hydrogen-bond donors (Lipinski definition) is 5. The Kier molecular flexibility index (Phi) is 22.4. The number of ether oxygens (including phenoxy) is 2. The molecule has 2 aromatic rings. The van der Waals surface area contributed by atoms with Crippen LogP contribution in [0.3, 0.4) is 0 Å². The fraction of sp³-hybridized carbons (Fsp3) is 0.742. The van der Waals surface area contributed by atoms with Gasteiger partial charge in [-0.25, -0.2) is 24.4 Å². The van der Waals surface area contributed by atoms with E-state index in [2.05, 4.69) is 35.9 Å². The summed E-state index contributed by atoms with van der Waals surface area (Å²) in [5, 5.41) is 17.2. The second kappa shape index (κ2) is 28.2. The van der Waals surface area contributed by atoms with Gasteiger partial charge in [0.05, 0.1) is 18.4 Å². The number of likely N-dealkylation sites (tertiary alicyclic amines) is 2. The van der Waals surface area contributed by atoms with Crippen LogP contribution < -0.4 is 21.7 Å². The Bertz CT molecular complexity index is 2550. The summed E-state index contributed by atoms with van der Waals surface area (Å²) in [7, 11) is 0. The number of hydrogen-bond acceptors (Lipinski definition) is 15. The number of aromatic carboxylic acids is 1. The number of aromatic nitrogens is 4. The fourth-order valence-corrected chi connectivity index (χ4v) is 13.1. The summed E-state index contributed by atoms with van der Waals surface area (Å²) in [5.74, 6) is -2.51. The van der Waals surface area contributed by atoms with E-state index in [-0.39, 0.29) is 70.6 Å². The van der Waals surface area contributed by atoms with E-state index in [4.69, 9.17) is 20.3 Å². The molecule has 460 valence electrons. The van der Waals surface area contributed by atoms with Crippen LogP contribution in [0.5, 0.6) is 0 Å². The Labute approximate surface area is 491 Å². The Morgan fingerprint density at radius 3 is 1.31 bits per heavy atom. The van der Waals surface area contributed by atoms with Gasteiger partial charge in [-0.1, -0.05) is 92.9 Å². The first-order valence-corrected chi connectivity index (χ1v) is 30.4. The number of rotatable bonds is 13. The minimum atomic E-state index is -1.05. The maximum atomic E-state index is 14.3. The molecule has 0 unspecified atom stereocenters. The van der Waals surface area contributed by atoms with E-state index >= 15 is 0 Å². The quantitative estimate of drug-likeness (QED) is 0.124. The molecule has 4 saturated carbocycles. The van der Waals surface area contributed by atoms with Crippen molar-refractivity contribution in [2.45, 2.75) is 233 Å². The minimum Gasteiger partial charge on any atom is -0.476 e. The third-order valence-electron chi connectivity index (χ3n) is 17.2. The van der Waals surface area contributed by atoms with Crippen LogP contribution >= 0.6 is 0 Å². The lowest BCUT2D eigenvalue weighted by molar-refractivity contribution is -0.166. The summed E-state index contributed by atoms with van der Waals surface area (Å²) < 4.78 is 11.5. The fourth-order valence-electron chi connectivity index (χ4n) is 13.1. The first-order chi connectivity index (χ1) is 38.9. The van der Waals surface area contributed by atoms with E-state index in [0.29, 0.717) is 19.0 Å². The first-order valence-electron chi connectivity index (χ1n) is 30.4. The van der Waals surface area contributed by atoms with Gasteiger partial charge in [-0.2, -0.15) is 0 Å². The summed E-state index contributed by atoms with van der Waals surface area (Å²) in [4.78, 5) is 124. The molecule has 6 aliphatic rings. The van der Waals surface area contributed by atoms with Gasteiger partial charge in [0.25, 0.3) is 5.91 Å². The van der Waals surface area contributed by atoms with Crippen LogP contribution in [0.15, 0.2) is 37.2 Å². The van der Waals surface area contributed by atoms with Crippen LogP contribution in [-0.4, -0.2) is 143 Å². The largest absolute Gasteiger partial charge is 0.476 e. The van der Waals surface area contributed by atoms with Crippen molar-refractivity contribution < 1.29 is 52.9 Å². The smallest absolute Gasteiger partial charge is 0.356 e. The van der Waals surface area contributed by atoms with Crippen molar-refractivity contribution in [2.24, 2.45) is 52.1 Å². The molecule has 5 amide bonds. The van der Waals surface area contributed by atoms with Crippen molar-refractivity contribution in [3.05, 3.63) is 48.6 Å². The van der Waals surface area contributed by atoms with Crippen LogP contribution in [0, 0.1) is 46.3 Å². The molecule has 0 aromatic carbocycles. The van der Waals surface area contributed by atoms with Crippen molar-refractivity contribution in [3.63, 3.8) is 0 Å². The molecule has 4 heterocycles. The van der Waals surface area contributed by atoms with Crippen molar-refractivity contribution in [1.29, 1.82) is 0 Å². The van der Waals surface area contributed by atoms with Gasteiger partial charge in [0.2, 0.25) is 23.6 Å². The van der Waals surface area contributed by atoms with Crippen LogP contribution in [0.4, 0.5) is 0 Å². The number of nitrogens with one attached hydrogen (secondary N) is 3. The van der Waals surface area contributed by atoms with Gasteiger partial charge >= 0.3 is 17.9 Å². The number of amides is 5. The molecular weight excluding hydrogens is 1060 g/mol. The molecule has 10 atom stereocenters. The highest BCUT2D eigenvalue weighted by atomic mass is 16.6. The third kappa shape index (κ3) is 18.0. The van der Waals surface area contributed by atoms with Gasteiger partial charge in [-0.15, -0.1) is 0 Å². The Hall–Kier alpha value is -6.12. The molecule has 21 nitrogen and oxygen atoms in total. The number of nitrogens with zero attached hydrogens (tertiary/aromatic N) is 6. The molecular formula is C62H96N10O11. The molecule has 6 fully saturated rings. The van der Waals surface area contributed by atoms with Crippen LogP contribution in [0.25, 0.3) is 0 Å². The molecule has 83 heavy (non-hydrogen) atoms. The molecule has 0 bridgehead atoms. The average Bonchev–Trinajstić information content (AvgIpc) is 4.44. The zero-order chi connectivity index (χ0) is 61.2. The Balaban J connectivity index is 0.000000235. The highest BCUT2D eigenvalue weighted by molar-refractivity contribution is 5.98. The van der Waals surface area contributed by atoms with Gasteiger partial charge in [-0.05, 0) is 139 Å². The molecule has 0 spiro atoms. The number of esters is 2. The minimum absolute atomic E-state index is 0.0301. The van der Waals surface area contributed by atoms with Crippen LogP contribution in [0.1, 0.15) is 207 Å². The Morgan fingerprint density at radius 1 is 0.530 bits per heavy atom. The maximum Gasteiger partial charge on any atom is 0.356 e. The number of fused-ring (bicyclic) bond motifs is 2. The van der Waals surface area contributed by atoms with Crippen molar-refractivity contribution >= 4 is 47.4 Å². The molecule has 0 radical (unpaired) electrons. The zero-order valence-corrected chi connectivity index (χ0v) is 51.4. The van der Waals surface area contributed by atoms with E-state index in [1.54, 1.807) is 9.80 Å². The monoisotopic (exact) mass is 1160 g/mol. The van der Waals surface area contributed by atoms with E-state index in [1.165, 1.54) is 43.6 Å². The highest BCUT2D eigenvalue weighted by Crippen LogP contribution is 2.45. The van der Waals surface area contributed by atoms with Crippen LogP contribution in [-0.2, 0) is 38.2 Å². The number of nitrogens with two attached hydrogens (primary N) is 1. The molecule has 21 heteroatoms. The van der Waals surface area contributed by atoms with E-state index < -0.39 is 76.1 Å². The average molecular weight is 1160 g/mol. The number of carboxylic acids is 1. The lowest BCUT2D eigenvalue weighted by Crippen LogP contribution is -2.61. The molecule has 6 N–H and O–H groups in total. The predicted molar refractivity (Wildman–Crippen MR) is 311 cm³/mol. The molecule has 8 rings (SSSR count). The summed E-state index contributed by atoms with van der Waals surface area (Å²) in [6.07, 6.45) is 24.1. The molecule has 2 aliphatic heterocycles. The number of carbonyl (C=O) groups is 8. The SMILES string of the molecule is CC(C)(C)OC(=O)[C@@H]1[C@H]2CCC[C@H]2CN1C(=O)[C@@H](NC(=O)[C@@H](N)C1CCCCC1)C(C)(C)C.CC(C)(C)OC(=O)[C@@H]1[C@H]2CCC[C@H]2CN1C(=O)[C@@H](NC(=O)[C@@H](NC(=O)c1cnccn1)C1CCCCC1)C(C)(C)C.O=C(O)c1cnccn1. The van der Waals surface area contributed by atoms with Crippen LogP contribution in [0.2, 0.25) is 0 Å². The normalized spacial score (nSPS) is 24.4. The topological polar surface area (TPSA) is 295 Å². The van der Waals surface area contributed by atoms with Gasteiger partial charge in [0.1, 0.15) is 47.1 Å². The summed E-state index contributed by atoms with van der Waals surface area (Å²) in [6, 6.07) is -4.31. The highest BCUT2D eigenvalue weighted by Gasteiger charge is 2.55. The third-order valence-corrected chi connectivity index (χ3v) is 17.2. The molecule has 4 aliphatic carbocycles. The lowest BCUT2D eigenvalue weighted by atomic mass is 9.82. The molecule has 2 aromatic heterocycles. The number of carboxylic acid groups (broad SMARTS) is 1. The first kappa shape index (κ1) is 66.0. The van der Waals surface area contributed by atoms with Crippen molar-refractivity contribution in [2.75, 3.05) is 13.1 Å². The molecule has 2 saturated heterocycles. The standard InChI is InChI=1S/C31H47N5O5.C26H45N3O4.C5H4N2O2/c1-30(2,3)25(28(39)36-18-20-13-10-14-21(20)24(36)29(40)41-31(4,5)6)35-27(38)23(19-11-8-7-9-12-19)34-26(37)22-17-32-15-16-33-22;1-25(2,3)21(28-22(30)19(27)16-11-8-7-9-12-16)23(31)29-15-17-13-10-14-18(17)20(29)24(32)33-26(4,5)6;8-5(9)4-3-6-1-2-7-4/h15-17,19-21,23-25H,7-14,18H2,1-6H3,(H,34,37)(H,35,38);16-21H,7-15,27H2,1-6H3,(H,28,30);1-3H,(H,8,9)/t20-,21-,23-,24-,25+;17-,18-,19-,20-,21+;/m00./s1. The van der Waals surface area contributed by atoms with Gasteiger partial charge in [-0.3, -0.25) is 33.9 Å². The lowest BCUT2D eigenvalue weighted by Gasteiger charge is -2.38. The van der Waals surface area contributed by atoms with E-state index in [0.717, 1.165) is 96.3 Å². The van der Waals surface area contributed by atoms with Gasteiger partial charge in [0.15, 0.2) is 5.69 Å². The summed E-state index contributed by atoms with van der Waals surface area (Å²) in [5.41, 5.74) is 4.00. The second-order valence-corrected chi connectivity index (χ2v) is 28.0. The van der Waals surface area contributed by atoms with E-state index in [1.807, 2.05) is 83.1 Å². The van der Waals surface area contributed by atoms with Gasteiger partial charge < -0.3 is 46.1 Å². The summed E-state index contributed by atoms with van der Waals surface area (Å²) in [6.45, 7) is 23.6. The second-order valence-electron chi connectivity index (χ2n) is 28.0. The van der Waals surface area contributed by atoms with Crippen molar-refractivity contribution in [3.8, 4) is 0 Å².